The molecule has 1 saturated carbocycles. The molecule has 0 spiro atoms. The number of nitrogens with two attached hydrogens (primary N) is 2. The van der Waals surface area contributed by atoms with Gasteiger partial charge in [-0.25, -0.2) is 0 Å². The van der Waals surface area contributed by atoms with Crippen LogP contribution >= 0.6 is 0 Å². The third-order valence-corrected chi connectivity index (χ3v) is 3.80. The van der Waals surface area contributed by atoms with Gasteiger partial charge in [-0.2, -0.15) is 0 Å². The van der Waals surface area contributed by atoms with Gasteiger partial charge in [0.15, 0.2) is 5.96 Å². The van der Waals surface area contributed by atoms with Crippen LogP contribution in [0, 0.1) is 5.41 Å². The zero-order valence-electron chi connectivity index (χ0n) is 10.4. The van der Waals surface area contributed by atoms with Crippen LogP contribution in [0.2, 0.25) is 0 Å². The number of nitrogens with zero attached hydrogens (tertiary/aromatic N) is 1. The molecule has 0 bridgehead atoms. The minimum Gasteiger partial charge on any atom is -0.370 e. The second-order valence-electron chi connectivity index (χ2n) is 5.17. The molecule has 17 heavy (non-hydrogen) atoms. The van der Waals surface area contributed by atoms with E-state index in [2.05, 4.69) is 0 Å². The lowest BCUT2D eigenvalue weighted by atomic mass is 9.97. The Bertz CT molecular complexity index is 265. The van der Waals surface area contributed by atoms with Crippen molar-refractivity contribution in [1.82, 2.24) is 4.90 Å². The number of likely N-dealkylation sites (tertiary alicyclic amines) is 1. The van der Waals surface area contributed by atoms with Crippen LogP contribution in [0.1, 0.15) is 44.9 Å². The number of guanidine groups is 1. The summed E-state index contributed by atoms with van der Waals surface area (Å²) in [5, 5.41) is 7.59. The second kappa shape index (κ2) is 5.69. The highest BCUT2D eigenvalue weighted by Gasteiger charge is 2.33. The first-order valence-corrected chi connectivity index (χ1v) is 6.70. The number of piperidine rings is 1. The largest absolute Gasteiger partial charge is 0.370 e. The molecule has 1 aliphatic carbocycles. The zero-order chi connectivity index (χ0) is 12.3. The summed E-state index contributed by atoms with van der Waals surface area (Å²) in [5.41, 5.74) is 11.7. The van der Waals surface area contributed by atoms with Gasteiger partial charge in [-0.3, -0.25) is 5.41 Å². The van der Waals surface area contributed by atoms with Gasteiger partial charge in [-0.1, -0.05) is 19.3 Å². The van der Waals surface area contributed by atoms with E-state index in [1.807, 2.05) is 4.90 Å². The Morgan fingerprint density at radius 3 is 2.47 bits per heavy atom. The van der Waals surface area contributed by atoms with Gasteiger partial charge in [0.25, 0.3) is 0 Å². The number of ether oxygens (including phenoxy) is 1. The minimum atomic E-state index is -0.190. The highest BCUT2D eigenvalue weighted by molar-refractivity contribution is 5.75. The molecule has 0 aromatic rings. The summed E-state index contributed by atoms with van der Waals surface area (Å²) in [6.07, 6.45) is 8.10. The van der Waals surface area contributed by atoms with Crippen molar-refractivity contribution in [3.8, 4) is 0 Å². The van der Waals surface area contributed by atoms with Crippen molar-refractivity contribution in [2.24, 2.45) is 11.5 Å². The van der Waals surface area contributed by atoms with Crippen LogP contribution in [0.25, 0.3) is 0 Å². The van der Waals surface area contributed by atoms with Crippen LogP contribution in [-0.4, -0.2) is 35.8 Å². The van der Waals surface area contributed by atoms with Gasteiger partial charge in [0.2, 0.25) is 0 Å². The van der Waals surface area contributed by atoms with E-state index in [-0.39, 0.29) is 18.2 Å². The average molecular weight is 240 g/mol. The maximum atomic E-state index is 7.59. The van der Waals surface area contributed by atoms with Gasteiger partial charge in [-0.05, 0) is 25.7 Å². The van der Waals surface area contributed by atoms with E-state index in [0.717, 1.165) is 32.2 Å². The summed E-state index contributed by atoms with van der Waals surface area (Å²) < 4.78 is 6.10. The Morgan fingerprint density at radius 2 is 1.82 bits per heavy atom. The van der Waals surface area contributed by atoms with E-state index in [1.165, 1.54) is 19.3 Å². The molecule has 1 saturated heterocycles. The van der Waals surface area contributed by atoms with Gasteiger partial charge in [0.05, 0.1) is 6.10 Å². The molecular formula is C12H24N4O. The number of hydrogen-bond donors (Lipinski definition) is 3. The highest BCUT2D eigenvalue weighted by atomic mass is 16.5. The summed E-state index contributed by atoms with van der Waals surface area (Å²) in [6.45, 7) is 0.792. The summed E-state index contributed by atoms with van der Waals surface area (Å²) in [6, 6.07) is -0.0189. The highest BCUT2D eigenvalue weighted by Crippen LogP contribution is 2.25. The third kappa shape index (κ3) is 3.10. The molecule has 2 rings (SSSR count). The van der Waals surface area contributed by atoms with Crippen molar-refractivity contribution in [3.05, 3.63) is 0 Å². The molecule has 0 aromatic carbocycles. The van der Waals surface area contributed by atoms with Crippen molar-refractivity contribution in [2.45, 2.75) is 63.3 Å². The normalized spacial score (nSPS) is 31.5. The smallest absolute Gasteiger partial charge is 0.190 e. The van der Waals surface area contributed by atoms with Gasteiger partial charge >= 0.3 is 0 Å². The van der Waals surface area contributed by atoms with E-state index in [4.69, 9.17) is 21.6 Å². The molecule has 5 heteroatoms. The van der Waals surface area contributed by atoms with Crippen molar-refractivity contribution in [1.29, 1.82) is 5.41 Å². The molecule has 0 amide bonds. The standard InChI is InChI=1S/C12H24N4O/c13-10-7-4-8-16(12(14)15)11(10)17-9-5-2-1-3-6-9/h9-11H,1-8,13H2,(H3,14,15)/t10-,11+/m0/s1. The first-order valence-electron chi connectivity index (χ1n) is 6.70. The van der Waals surface area contributed by atoms with Crippen LogP contribution in [0.4, 0.5) is 0 Å². The van der Waals surface area contributed by atoms with E-state index in [9.17, 15) is 0 Å². The lowest BCUT2D eigenvalue weighted by Crippen LogP contribution is -2.58. The van der Waals surface area contributed by atoms with Crippen molar-refractivity contribution in [2.75, 3.05) is 6.54 Å². The topological polar surface area (TPSA) is 88.4 Å². The van der Waals surface area contributed by atoms with E-state index in [0.29, 0.717) is 6.10 Å². The fourth-order valence-electron chi connectivity index (χ4n) is 2.83. The fraction of sp³-hybridized carbons (Fsp3) is 0.917. The second-order valence-corrected chi connectivity index (χ2v) is 5.17. The fourth-order valence-corrected chi connectivity index (χ4v) is 2.83. The van der Waals surface area contributed by atoms with Crippen molar-refractivity contribution < 1.29 is 4.74 Å². The lowest BCUT2D eigenvalue weighted by Gasteiger charge is -2.41. The van der Waals surface area contributed by atoms with E-state index in [1.54, 1.807) is 0 Å². The van der Waals surface area contributed by atoms with Gasteiger partial charge in [0, 0.05) is 12.6 Å². The molecule has 5 N–H and O–H groups in total. The van der Waals surface area contributed by atoms with Crippen molar-refractivity contribution >= 4 is 5.96 Å². The Morgan fingerprint density at radius 1 is 1.12 bits per heavy atom. The monoisotopic (exact) mass is 240 g/mol. The van der Waals surface area contributed by atoms with Crippen LogP contribution in [0.15, 0.2) is 0 Å². The molecular weight excluding hydrogens is 216 g/mol. The summed E-state index contributed by atoms with van der Waals surface area (Å²) >= 11 is 0. The molecule has 0 unspecified atom stereocenters. The SMILES string of the molecule is N=C(N)N1CCC[C@H](N)[C@H]1OC1CCCCC1. The lowest BCUT2D eigenvalue weighted by molar-refractivity contribution is -0.109. The minimum absolute atomic E-state index is 0.0189. The molecule has 2 aliphatic rings. The Kier molecular flexibility index (Phi) is 4.23. The van der Waals surface area contributed by atoms with Crippen LogP contribution in [0.5, 0.6) is 0 Å². The summed E-state index contributed by atoms with van der Waals surface area (Å²) in [7, 11) is 0. The Hall–Kier alpha value is -0.810. The van der Waals surface area contributed by atoms with Crippen molar-refractivity contribution in [3.63, 3.8) is 0 Å². The Balaban J connectivity index is 1.95. The molecule has 1 heterocycles. The zero-order valence-corrected chi connectivity index (χ0v) is 10.4. The van der Waals surface area contributed by atoms with Gasteiger partial charge < -0.3 is 21.1 Å². The quantitative estimate of drug-likeness (QED) is 0.496. The first-order chi connectivity index (χ1) is 8.18. The number of hydrogen-bond acceptors (Lipinski definition) is 3. The summed E-state index contributed by atoms with van der Waals surface area (Å²) in [4.78, 5) is 1.81. The number of rotatable bonds is 2. The predicted molar refractivity (Wildman–Crippen MR) is 67.6 cm³/mol. The molecule has 0 radical (unpaired) electrons. The van der Waals surface area contributed by atoms with Crippen LogP contribution in [0.3, 0.4) is 0 Å². The molecule has 0 aromatic heterocycles. The first kappa shape index (κ1) is 12.6. The van der Waals surface area contributed by atoms with Crippen LogP contribution < -0.4 is 11.5 Å². The third-order valence-electron chi connectivity index (χ3n) is 3.80. The maximum Gasteiger partial charge on any atom is 0.190 e. The number of nitrogens with one attached hydrogen (secondary N) is 1. The molecule has 2 fully saturated rings. The van der Waals surface area contributed by atoms with E-state index >= 15 is 0 Å². The molecule has 98 valence electrons. The van der Waals surface area contributed by atoms with Gasteiger partial charge in [0.1, 0.15) is 6.23 Å². The molecule has 5 nitrogen and oxygen atoms in total. The maximum absolute atomic E-state index is 7.59. The predicted octanol–water partition coefficient (Wildman–Crippen LogP) is 0.978. The summed E-state index contributed by atoms with van der Waals surface area (Å²) in [5.74, 6) is 0.0842. The average Bonchev–Trinajstić information content (AvgIpc) is 2.33. The molecule has 1 aliphatic heterocycles. The van der Waals surface area contributed by atoms with Gasteiger partial charge in [-0.15, -0.1) is 0 Å². The van der Waals surface area contributed by atoms with E-state index < -0.39 is 0 Å². The Labute approximate surface area is 103 Å². The van der Waals surface area contributed by atoms with Crippen LogP contribution in [-0.2, 0) is 4.74 Å². The molecule has 2 atom stereocenters.